The quantitative estimate of drug-likeness (QED) is 0.838. The summed E-state index contributed by atoms with van der Waals surface area (Å²) in [5.41, 5.74) is 2.18. The van der Waals surface area contributed by atoms with Crippen molar-refractivity contribution in [2.24, 2.45) is 5.92 Å². The largest absolute Gasteiger partial charge is 0.343 e. The number of carbonyl (C=O) groups is 3. The summed E-state index contributed by atoms with van der Waals surface area (Å²) in [6.45, 7) is 2.77. The van der Waals surface area contributed by atoms with E-state index >= 15 is 0 Å². The van der Waals surface area contributed by atoms with Crippen LogP contribution in [0.15, 0.2) is 54.6 Å². The molecule has 3 amide bonds. The minimum Gasteiger partial charge on any atom is -0.343 e. The van der Waals surface area contributed by atoms with Crippen LogP contribution in [0.25, 0.3) is 0 Å². The highest BCUT2D eigenvalue weighted by molar-refractivity contribution is 5.98. The maximum Gasteiger partial charge on any atom is 0.251 e. The van der Waals surface area contributed by atoms with Gasteiger partial charge in [-0.1, -0.05) is 36.4 Å². The number of nitrogens with one attached hydrogen (secondary N) is 2. The molecule has 1 heterocycles. The molecule has 2 aromatic carbocycles. The Morgan fingerprint density at radius 1 is 1.04 bits per heavy atom. The van der Waals surface area contributed by atoms with Gasteiger partial charge in [-0.05, 0) is 43.5 Å². The SMILES string of the molecule is Cc1ccccc1C(=O)NCC(=O)N1CCCC(C(=O)Nc2ccccc2)C1. The number of carbonyl (C=O) groups excluding carboxylic acids is 3. The summed E-state index contributed by atoms with van der Waals surface area (Å²) in [7, 11) is 0. The maximum absolute atomic E-state index is 12.5. The van der Waals surface area contributed by atoms with Crippen LogP contribution in [0.4, 0.5) is 5.69 Å². The van der Waals surface area contributed by atoms with E-state index in [0.717, 1.165) is 24.1 Å². The number of aryl methyl sites for hydroxylation is 1. The van der Waals surface area contributed by atoms with Gasteiger partial charge in [0, 0.05) is 24.3 Å². The Morgan fingerprint density at radius 3 is 2.50 bits per heavy atom. The van der Waals surface area contributed by atoms with Crippen molar-refractivity contribution >= 4 is 23.4 Å². The van der Waals surface area contributed by atoms with Crippen molar-refractivity contribution in [2.75, 3.05) is 25.0 Å². The Kier molecular flexibility index (Phi) is 6.42. The third kappa shape index (κ3) is 4.97. The fourth-order valence-corrected chi connectivity index (χ4v) is 3.37. The second kappa shape index (κ2) is 9.17. The van der Waals surface area contributed by atoms with E-state index in [2.05, 4.69) is 10.6 Å². The number of nitrogens with zero attached hydrogens (tertiary/aromatic N) is 1. The van der Waals surface area contributed by atoms with Gasteiger partial charge in [0.1, 0.15) is 0 Å². The molecule has 2 N–H and O–H groups in total. The van der Waals surface area contributed by atoms with Crippen LogP contribution in [-0.2, 0) is 9.59 Å². The molecule has 1 aliphatic rings. The lowest BCUT2D eigenvalue weighted by Gasteiger charge is -2.32. The molecular formula is C22H25N3O3. The predicted molar refractivity (Wildman–Crippen MR) is 108 cm³/mol. The van der Waals surface area contributed by atoms with Crippen molar-refractivity contribution < 1.29 is 14.4 Å². The van der Waals surface area contributed by atoms with Crippen LogP contribution in [-0.4, -0.2) is 42.3 Å². The van der Waals surface area contributed by atoms with Crippen LogP contribution < -0.4 is 10.6 Å². The monoisotopic (exact) mass is 379 g/mol. The van der Waals surface area contributed by atoms with Crippen LogP contribution in [0.1, 0.15) is 28.8 Å². The van der Waals surface area contributed by atoms with E-state index in [4.69, 9.17) is 0 Å². The van der Waals surface area contributed by atoms with E-state index < -0.39 is 0 Å². The first-order chi connectivity index (χ1) is 13.5. The number of rotatable bonds is 5. The highest BCUT2D eigenvalue weighted by Crippen LogP contribution is 2.19. The van der Waals surface area contributed by atoms with E-state index in [1.165, 1.54) is 0 Å². The normalized spacial score (nSPS) is 16.3. The van der Waals surface area contributed by atoms with Gasteiger partial charge in [0.2, 0.25) is 11.8 Å². The summed E-state index contributed by atoms with van der Waals surface area (Å²) in [5, 5.41) is 5.59. The lowest BCUT2D eigenvalue weighted by molar-refractivity contribution is -0.133. The number of hydrogen-bond donors (Lipinski definition) is 2. The van der Waals surface area contributed by atoms with Gasteiger partial charge in [-0.15, -0.1) is 0 Å². The molecule has 0 spiro atoms. The topological polar surface area (TPSA) is 78.5 Å². The van der Waals surface area contributed by atoms with Crippen LogP contribution in [0.5, 0.6) is 0 Å². The highest BCUT2D eigenvalue weighted by Gasteiger charge is 2.28. The summed E-state index contributed by atoms with van der Waals surface area (Å²) in [4.78, 5) is 39.0. The number of anilines is 1. The molecule has 0 bridgehead atoms. The van der Waals surface area contributed by atoms with Crippen molar-refractivity contribution in [3.05, 3.63) is 65.7 Å². The number of para-hydroxylation sites is 1. The minimum absolute atomic E-state index is 0.0693. The molecule has 0 aromatic heterocycles. The lowest BCUT2D eigenvalue weighted by atomic mass is 9.97. The lowest BCUT2D eigenvalue weighted by Crippen LogP contribution is -2.47. The van der Waals surface area contributed by atoms with E-state index in [9.17, 15) is 14.4 Å². The first kappa shape index (κ1) is 19.6. The fraction of sp³-hybridized carbons (Fsp3) is 0.318. The predicted octanol–water partition coefficient (Wildman–Crippen LogP) is 2.60. The summed E-state index contributed by atoms with van der Waals surface area (Å²) in [6, 6.07) is 16.6. The van der Waals surface area contributed by atoms with Gasteiger partial charge in [0.15, 0.2) is 0 Å². The molecule has 1 fully saturated rings. The van der Waals surface area contributed by atoms with Crippen molar-refractivity contribution in [1.82, 2.24) is 10.2 Å². The van der Waals surface area contributed by atoms with Crippen molar-refractivity contribution in [2.45, 2.75) is 19.8 Å². The zero-order chi connectivity index (χ0) is 19.9. The number of hydrogen-bond acceptors (Lipinski definition) is 3. The molecule has 3 rings (SSSR count). The van der Waals surface area contributed by atoms with Crippen molar-refractivity contribution in [1.29, 1.82) is 0 Å². The fourth-order valence-electron chi connectivity index (χ4n) is 3.37. The van der Waals surface area contributed by atoms with Gasteiger partial charge in [-0.25, -0.2) is 0 Å². The van der Waals surface area contributed by atoms with Crippen LogP contribution in [0, 0.1) is 12.8 Å². The maximum atomic E-state index is 12.5. The van der Waals surface area contributed by atoms with E-state index in [1.807, 2.05) is 49.4 Å². The Bertz CT molecular complexity index is 851. The summed E-state index contributed by atoms with van der Waals surface area (Å²) >= 11 is 0. The van der Waals surface area contributed by atoms with Gasteiger partial charge >= 0.3 is 0 Å². The molecule has 1 unspecified atom stereocenters. The summed E-state index contributed by atoms with van der Waals surface area (Å²) in [5.74, 6) is -0.751. The summed E-state index contributed by atoms with van der Waals surface area (Å²) in [6.07, 6.45) is 1.52. The van der Waals surface area contributed by atoms with Gasteiger partial charge in [-0.3, -0.25) is 14.4 Å². The molecule has 0 saturated carbocycles. The molecule has 0 radical (unpaired) electrons. The molecule has 0 aliphatic carbocycles. The van der Waals surface area contributed by atoms with E-state index in [-0.39, 0.29) is 30.2 Å². The molecule has 6 heteroatoms. The van der Waals surface area contributed by atoms with Crippen LogP contribution >= 0.6 is 0 Å². The summed E-state index contributed by atoms with van der Waals surface area (Å²) < 4.78 is 0. The van der Waals surface area contributed by atoms with Gasteiger partial charge in [0.05, 0.1) is 12.5 Å². The molecule has 6 nitrogen and oxygen atoms in total. The first-order valence-electron chi connectivity index (χ1n) is 9.52. The zero-order valence-electron chi connectivity index (χ0n) is 16.0. The second-order valence-corrected chi connectivity index (χ2v) is 7.03. The Labute approximate surface area is 164 Å². The number of likely N-dealkylation sites (tertiary alicyclic amines) is 1. The molecule has 146 valence electrons. The van der Waals surface area contributed by atoms with Crippen LogP contribution in [0.2, 0.25) is 0 Å². The molecule has 1 atom stereocenters. The Hall–Kier alpha value is -3.15. The standard InChI is InChI=1S/C22H25N3O3/c1-16-8-5-6-12-19(16)22(28)23-14-20(26)25-13-7-9-17(15-25)21(27)24-18-10-3-2-4-11-18/h2-6,8,10-12,17H,7,9,13-15H2,1H3,(H,23,28)(H,24,27). The highest BCUT2D eigenvalue weighted by atomic mass is 16.2. The first-order valence-corrected chi connectivity index (χ1v) is 9.52. The second-order valence-electron chi connectivity index (χ2n) is 7.03. The number of amides is 3. The third-order valence-electron chi connectivity index (χ3n) is 4.98. The molecule has 28 heavy (non-hydrogen) atoms. The van der Waals surface area contributed by atoms with Crippen LogP contribution in [0.3, 0.4) is 0 Å². The number of benzene rings is 2. The molecular weight excluding hydrogens is 354 g/mol. The average molecular weight is 379 g/mol. The minimum atomic E-state index is -0.262. The Morgan fingerprint density at radius 2 is 1.75 bits per heavy atom. The van der Waals surface area contributed by atoms with Crippen molar-refractivity contribution in [3.63, 3.8) is 0 Å². The molecule has 2 aromatic rings. The average Bonchev–Trinajstić information content (AvgIpc) is 2.73. The van der Waals surface area contributed by atoms with Crippen molar-refractivity contribution in [3.8, 4) is 0 Å². The molecule has 1 saturated heterocycles. The van der Waals surface area contributed by atoms with E-state index in [1.54, 1.807) is 17.0 Å². The smallest absolute Gasteiger partial charge is 0.251 e. The Balaban J connectivity index is 1.52. The molecule has 1 aliphatic heterocycles. The van der Waals surface area contributed by atoms with Gasteiger partial charge in [-0.2, -0.15) is 0 Å². The third-order valence-corrected chi connectivity index (χ3v) is 4.98. The van der Waals surface area contributed by atoms with Gasteiger partial charge in [0.25, 0.3) is 5.91 Å². The zero-order valence-corrected chi connectivity index (χ0v) is 16.0. The van der Waals surface area contributed by atoms with Gasteiger partial charge < -0.3 is 15.5 Å². The number of piperidine rings is 1. The van der Waals surface area contributed by atoms with E-state index in [0.29, 0.717) is 18.7 Å².